The zero-order valence-corrected chi connectivity index (χ0v) is 31.8. The number of para-hydroxylation sites is 1. The van der Waals surface area contributed by atoms with Crippen LogP contribution in [0.1, 0.15) is 18.1 Å². The van der Waals surface area contributed by atoms with Crippen LogP contribution in [0.25, 0.3) is 76.5 Å². The number of fused-ring (bicyclic) bond motifs is 7. The minimum Gasteiger partial charge on any atom is -0.309 e. The van der Waals surface area contributed by atoms with E-state index in [9.17, 15) is 5.41 Å². The Morgan fingerprint density at radius 1 is 0.536 bits per heavy atom. The summed E-state index contributed by atoms with van der Waals surface area (Å²) in [7, 11) is 0. The van der Waals surface area contributed by atoms with Crippen molar-refractivity contribution < 1.29 is 0 Å². The number of benzene rings is 8. The SMILES string of the molecule is C=C(/C=C\C(=N)c1ccc2c(c1)c1ccc3ccccc3c1n2-c1ccccc1)c1c2ccccc2c(-c2ccccc2)c2ccccc12.C=CC.C=CC=C. The lowest BCUT2D eigenvalue weighted by Crippen LogP contribution is -1.97. The Balaban J connectivity index is 0.000000638. The minimum atomic E-state index is 0.443. The molecule has 0 saturated heterocycles. The van der Waals surface area contributed by atoms with Crippen molar-refractivity contribution in [2.45, 2.75) is 6.92 Å². The summed E-state index contributed by atoms with van der Waals surface area (Å²) in [6.45, 7) is 16.5. The number of rotatable bonds is 7. The quantitative estimate of drug-likeness (QED) is 0.0735. The molecule has 8 aromatic carbocycles. The zero-order chi connectivity index (χ0) is 39.0. The fourth-order valence-corrected chi connectivity index (χ4v) is 7.55. The molecule has 1 aromatic heterocycles. The molecule has 56 heavy (non-hydrogen) atoms. The molecule has 0 saturated carbocycles. The first-order valence-corrected chi connectivity index (χ1v) is 18.8. The smallest absolute Gasteiger partial charge is 0.0619 e. The number of nitrogens with one attached hydrogen (secondary N) is 1. The highest BCUT2D eigenvalue weighted by Gasteiger charge is 2.18. The molecule has 0 bridgehead atoms. The van der Waals surface area contributed by atoms with E-state index in [0.717, 1.165) is 44.1 Å². The molecule has 0 aliphatic rings. The van der Waals surface area contributed by atoms with Crippen LogP contribution in [0.15, 0.2) is 220 Å². The van der Waals surface area contributed by atoms with Gasteiger partial charge in [-0.05, 0) is 86.5 Å². The molecule has 270 valence electrons. The van der Waals surface area contributed by atoms with Crippen LogP contribution in [-0.2, 0) is 0 Å². The average molecular weight is 721 g/mol. The highest BCUT2D eigenvalue weighted by molar-refractivity contribution is 6.22. The lowest BCUT2D eigenvalue weighted by Gasteiger charge is -2.17. The van der Waals surface area contributed by atoms with Gasteiger partial charge in [0.05, 0.1) is 16.7 Å². The number of allylic oxidation sites excluding steroid dienone is 6. The van der Waals surface area contributed by atoms with E-state index in [4.69, 9.17) is 0 Å². The third kappa shape index (κ3) is 7.04. The normalized spacial score (nSPS) is 10.9. The molecule has 2 nitrogen and oxygen atoms in total. The molecule has 0 radical (unpaired) electrons. The van der Waals surface area contributed by atoms with Crippen LogP contribution in [0.2, 0.25) is 0 Å². The molecule has 0 aliphatic heterocycles. The van der Waals surface area contributed by atoms with E-state index >= 15 is 0 Å². The molecule has 1 N–H and O–H groups in total. The molecule has 1 heterocycles. The van der Waals surface area contributed by atoms with Gasteiger partial charge in [-0.1, -0.05) is 184 Å². The number of hydrogen-bond donors (Lipinski definition) is 1. The van der Waals surface area contributed by atoms with Gasteiger partial charge in [0, 0.05) is 27.4 Å². The van der Waals surface area contributed by atoms with Crippen molar-refractivity contribution in [1.82, 2.24) is 4.57 Å². The Bertz CT molecular complexity index is 2880. The monoisotopic (exact) mass is 720 g/mol. The molecule has 0 fully saturated rings. The Morgan fingerprint density at radius 3 is 1.68 bits per heavy atom. The van der Waals surface area contributed by atoms with Crippen LogP contribution in [0, 0.1) is 5.41 Å². The molecule has 0 atom stereocenters. The third-order valence-electron chi connectivity index (χ3n) is 9.91. The van der Waals surface area contributed by atoms with E-state index in [2.05, 4.69) is 195 Å². The Labute approximate surface area is 329 Å². The number of hydrogen-bond acceptors (Lipinski definition) is 1. The molecular formula is C54H44N2. The standard InChI is InChI=1S/C47H32N2.C4H6.C3H6/c1-31(45-37-20-10-12-22-39(37)46(33-15-4-2-5-16-33)40-23-13-11-21-38(40)45)24-28-43(48)34-26-29-44-42(30-34)41-27-25-32-14-8-9-19-36(32)47(41)49(44)35-17-6-3-7-18-35;1-3-4-2;1-3-2/h2-30,48H,1H2;3-4H,1-2H2;3H,1H2,2H3/b28-24-,48-43?;;. The zero-order valence-electron chi connectivity index (χ0n) is 31.8. The lowest BCUT2D eigenvalue weighted by molar-refractivity contribution is 1.19. The molecular weight excluding hydrogens is 677 g/mol. The Hall–Kier alpha value is -7.29. The summed E-state index contributed by atoms with van der Waals surface area (Å²) in [5, 5.41) is 18.6. The highest BCUT2D eigenvalue weighted by Crippen LogP contribution is 2.42. The van der Waals surface area contributed by atoms with Gasteiger partial charge in [-0.15, -0.1) is 6.58 Å². The first-order chi connectivity index (χ1) is 27.5. The van der Waals surface area contributed by atoms with Gasteiger partial charge >= 0.3 is 0 Å². The summed E-state index contributed by atoms with van der Waals surface area (Å²) < 4.78 is 2.35. The molecule has 2 heteroatoms. The van der Waals surface area contributed by atoms with Crippen molar-refractivity contribution >= 4 is 65.4 Å². The van der Waals surface area contributed by atoms with Gasteiger partial charge in [-0.25, -0.2) is 0 Å². The maximum Gasteiger partial charge on any atom is 0.0619 e. The van der Waals surface area contributed by atoms with Crippen molar-refractivity contribution in [3.8, 4) is 16.8 Å². The van der Waals surface area contributed by atoms with Gasteiger partial charge in [0.1, 0.15) is 0 Å². The molecule has 9 rings (SSSR count). The van der Waals surface area contributed by atoms with Crippen LogP contribution in [0.4, 0.5) is 0 Å². The first kappa shape index (κ1) is 37.0. The Kier molecular flexibility index (Phi) is 11.1. The van der Waals surface area contributed by atoms with E-state index in [1.165, 1.54) is 43.6 Å². The van der Waals surface area contributed by atoms with E-state index in [0.29, 0.717) is 5.71 Å². The van der Waals surface area contributed by atoms with E-state index in [1.807, 2.05) is 19.1 Å². The molecule has 0 aliphatic carbocycles. The number of aromatic nitrogens is 1. The van der Waals surface area contributed by atoms with Crippen molar-refractivity contribution in [2.24, 2.45) is 0 Å². The predicted octanol–water partition coefficient (Wildman–Crippen LogP) is 15.1. The topological polar surface area (TPSA) is 28.8 Å². The van der Waals surface area contributed by atoms with Crippen LogP contribution in [-0.4, -0.2) is 10.3 Å². The van der Waals surface area contributed by atoms with Gasteiger partial charge in [-0.3, -0.25) is 0 Å². The lowest BCUT2D eigenvalue weighted by atomic mass is 9.86. The second kappa shape index (κ2) is 16.8. The largest absolute Gasteiger partial charge is 0.309 e. The fourth-order valence-electron chi connectivity index (χ4n) is 7.55. The van der Waals surface area contributed by atoms with E-state index in [-0.39, 0.29) is 0 Å². The van der Waals surface area contributed by atoms with Gasteiger partial charge in [-0.2, -0.15) is 0 Å². The van der Waals surface area contributed by atoms with Crippen LogP contribution < -0.4 is 0 Å². The van der Waals surface area contributed by atoms with Crippen LogP contribution >= 0.6 is 0 Å². The van der Waals surface area contributed by atoms with Gasteiger partial charge < -0.3 is 9.98 Å². The summed E-state index contributed by atoms with van der Waals surface area (Å²) in [6, 6.07) is 57.7. The van der Waals surface area contributed by atoms with Gasteiger partial charge in [0.25, 0.3) is 0 Å². The maximum atomic E-state index is 9.21. The van der Waals surface area contributed by atoms with Crippen LogP contribution in [0.3, 0.4) is 0 Å². The molecule has 0 amide bonds. The fraction of sp³-hybridized carbons (Fsp3) is 0.0185. The molecule has 9 aromatic rings. The second-order valence-corrected chi connectivity index (χ2v) is 13.4. The summed E-state index contributed by atoms with van der Waals surface area (Å²) in [4.78, 5) is 0. The maximum absolute atomic E-state index is 9.21. The first-order valence-electron chi connectivity index (χ1n) is 18.8. The minimum absolute atomic E-state index is 0.443. The Morgan fingerprint density at radius 2 is 1.07 bits per heavy atom. The molecule has 0 unspecified atom stereocenters. The van der Waals surface area contributed by atoms with Gasteiger partial charge in [0.2, 0.25) is 0 Å². The highest BCUT2D eigenvalue weighted by atomic mass is 15.0. The summed E-state index contributed by atoms with van der Waals surface area (Å²) in [5.41, 5.74) is 9.15. The van der Waals surface area contributed by atoms with Crippen molar-refractivity contribution in [1.29, 1.82) is 5.41 Å². The molecule has 0 spiro atoms. The second-order valence-electron chi connectivity index (χ2n) is 13.4. The van der Waals surface area contributed by atoms with E-state index < -0.39 is 0 Å². The average Bonchev–Trinajstić information content (AvgIpc) is 3.59. The third-order valence-corrected chi connectivity index (χ3v) is 9.91. The van der Waals surface area contributed by atoms with Gasteiger partial charge in [0.15, 0.2) is 0 Å². The van der Waals surface area contributed by atoms with Crippen molar-refractivity contribution in [3.63, 3.8) is 0 Å². The van der Waals surface area contributed by atoms with E-state index in [1.54, 1.807) is 18.2 Å². The summed E-state index contributed by atoms with van der Waals surface area (Å²) >= 11 is 0. The number of nitrogens with zero attached hydrogens (tertiary/aromatic N) is 1. The summed E-state index contributed by atoms with van der Waals surface area (Å²) in [5.74, 6) is 0. The van der Waals surface area contributed by atoms with Crippen molar-refractivity contribution in [2.75, 3.05) is 0 Å². The summed E-state index contributed by atoms with van der Waals surface area (Å²) in [6.07, 6.45) is 8.92. The predicted molar refractivity (Wildman–Crippen MR) is 246 cm³/mol. The van der Waals surface area contributed by atoms with Crippen molar-refractivity contribution in [3.05, 3.63) is 232 Å². The van der Waals surface area contributed by atoms with Crippen LogP contribution in [0.5, 0.6) is 0 Å².